The molecule has 2 heteroatoms. The van der Waals surface area contributed by atoms with Crippen molar-refractivity contribution in [1.29, 1.82) is 0 Å². The Bertz CT molecular complexity index is 104. The minimum Gasteiger partial charge on any atom is -0.381 e. The summed E-state index contributed by atoms with van der Waals surface area (Å²) in [5.41, 5.74) is 0. The van der Waals surface area contributed by atoms with Gasteiger partial charge in [0.1, 0.15) is 0 Å². The Hall–Kier alpha value is 0.130. The summed E-state index contributed by atoms with van der Waals surface area (Å²) < 4.78 is 5.48. The van der Waals surface area contributed by atoms with E-state index in [1.54, 1.807) is 0 Å². The lowest BCUT2D eigenvalue weighted by Gasteiger charge is -2.02. The maximum Gasteiger partial charge on any atom is 0.0466 e. The molecule has 0 saturated carbocycles. The summed E-state index contributed by atoms with van der Waals surface area (Å²) in [5.74, 6) is 0. The van der Waals surface area contributed by atoms with E-state index in [9.17, 15) is 0 Å². The van der Waals surface area contributed by atoms with Crippen molar-refractivity contribution in [2.24, 2.45) is 0 Å². The minimum absolute atomic E-state index is 0.938. The summed E-state index contributed by atoms with van der Waals surface area (Å²) in [6.07, 6.45) is 10.5. The number of unbranched alkanes of at least 4 members (excludes halogenated alkanes) is 4. The fraction of sp³-hybridized carbons (Fsp3) is 0.818. The van der Waals surface area contributed by atoms with Crippen molar-refractivity contribution in [2.45, 2.75) is 38.5 Å². The summed E-state index contributed by atoms with van der Waals surface area (Å²) in [4.78, 5) is 0. The van der Waals surface area contributed by atoms with Crippen LogP contribution in [0.3, 0.4) is 0 Å². The van der Waals surface area contributed by atoms with E-state index in [0.29, 0.717) is 0 Å². The van der Waals surface area contributed by atoms with E-state index in [2.05, 4.69) is 15.8 Å². The van der Waals surface area contributed by atoms with Crippen LogP contribution in [0.15, 0.2) is 12.7 Å². The third kappa shape index (κ3) is 12.1. The molecule has 0 heterocycles. The van der Waals surface area contributed by atoms with Gasteiger partial charge in [-0.15, -0.1) is 15.8 Å². The number of allylic oxidation sites excluding steroid dienone is 1. The van der Waals surface area contributed by atoms with Crippen molar-refractivity contribution >= 4 is 9.24 Å². The highest BCUT2D eigenvalue weighted by Gasteiger charge is 1.89. The molecule has 0 N–H and O–H groups in total. The van der Waals surface area contributed by atoms with Gasteiger partial charge in [-0.25, -0.2) is 0 Å². The van der Waals surface area contributed by atoms with Gasteiger partial charge in [-0.05, 0) is 38.3 Å². The molecular weight excluding hydrogens is 179 g/mol. The zero-order valence-electron chi connectivity index (χ0n) is 8.63. The van der Waals surface area contributed by atoms with Crippen molar-refractivity contribution in [3.05, 3.63) is 12.7 Å². The van der Waals surface area contributed by atoms with Gasteiger partial charge >= 0.3 is 0 Å². The molecule has 0 aromatic heterocycles. The third-order valence-corrected chi connectivity index (χ3v) is 2.35. The maximum absolute atomic E-state index is 5.48. The monoisotopic (exact) mass is 202 g/mol. The van der Waals surface area contributed by atoms with Crippen LogP contribution in [0.1, 0.15) is 38.5 Å². The molecule has 0 radical (unpaired) electrons. The van der Waals surface area contributed by atoms with Crippen LogP contribution in [0.5, 0.6) is 0 Å². The molecule has 78 valence electrons. The first kappa shape index (κ1) is 13.1. The molecule has 13 heavy (non-hydrogen) atoms. The molecule has 0 rings (SSSR count). The van der Waals surface area contributed by atoms with E-state index in [-0.39, 0.29) is 0 Å². The predicted molar refractivity (Wildman–Crippen MR) is 63.3 cm³/mol. The molecule has 0 amide bonds. The second-order valence-electron chi connectivity index (χ2n) is 3.25. The van der Waals surface area contributed by atoms with E-state index in [4.69, 9.17) is 4.74 Å². The second kappa shape index (κ2) is 12.1. The van der Waals surface area contributed by atoms with E-state index >= 15 is 0 Å². The standard InChI is InChI=1S/C11H23OP/c1-2-3-4-5-6-9-12-10-7-8-11-13/h2H,1,3-11,13H2. The average Bonchev–Trinajstić information content (AvgIpc) is 2.16. The number of hydrogen-bond acceptors (Lipinski definition) is 1. The fourth-order valence-corrected chi connectivity index (χ4v) is 1.41. The van der Waals surface area contributed by atoms with Gasteiger partial charge in [0, 0.05) is 13.2 Å². The van der Waals surface area contributed by atoms with E-state index < -0.39 is 0 Å². The molecule has 0 aliphatic carbocycles. The van der Waals surface area contributed by atoms with Gasteiger partial charge in [0.25, 0.3) is 0 Å². The number of ether oxygens (including phenoxy) is 1. The Balaban J connectivity index is 2.79. The summed E-state index contributed by atoms with van der Waals surface area (Å²) in [6.45, 7) is 5.57. The van der Waals surface area contributed by atoms with Crippen molar-refractivity contribution in [2.75, 3.05) is 19.4 Å². The van der Waals surface area contributed by atoms with Crippen LogP contribution in [-0.2, 0) is 4.74 Å². The van der Waals surface area contributed by atoms with Crippen molar-refractivity contribution in [1.82, 2.24) is 0 Å². The summed E-state index contributed by atoms with van der Waals surface area (Å²) in [5, 5.41) is 0. The third-order valence-electron chi connectivity index (χ3n) is 1.94. The molecule has 0 fully saturated rings. The Morgan fingerprint density at radius 1 is 1.00 bits per heavy atom. The van der Waals surface area contributed by atoms with Crippen LogP contribution in [0, 0.1) is 0 Å². The molecule has 1 nitrogen and oxygen atoms in total. The lowest BCUT2D eigenvalue weighted by Crippen LogP contribution is -1.97. The normalized spacial score (nSPS) is 10.2. The topological polar surface area (TPSA) is 9.23 Å². The van der Waals surface area contributed by atoms with Crippen LogP contribution in [-0.4, -0.2) is 19.4 Å². The first-order chi connectivity index (χ1) is 6.41. The van der Waals surface area contributed by atoms with Gasteiger partial charge in [0.15, 0.2) is 0 Å². The maximum atomic E-state index is 5.48. The molecule has 0 aromatic carbocycles. The fourth-order valence-electron chi connectivity index (χ4n) is 1.12. The highest BCUT2D eigenvalue weighted by Crippen LogP contribution is 2.01. The first-order valence-corrected chi connectivity index (χ1v) is 6.12. The first-order valence-electron chi connectivity index (χ1n) is 5.30. The summed E-state index contributed by atoms with van der Waals surface area (Å²) in [6, 6.07) is 0. The molecule has 0 spiro atoms. The minimum atomic E-state index is 0.938. The quantitative estimate of drug-likeness (QED) is 0.300. The van der Waals surface area contributed by atoms with Crippen LogP contribution in [0.2, 0.25) is 0 Å². The van der Waals surface area contributed by atoms with E-state index in [1.165, 1.54) is 38.3 Å². The highest BCUT2D eigenvalue weighted by atomic mass is 31.0. The smallest absolute Gasteiger partial charge is 0.0466 e. The molecule has 1 atom stereocenters. The Morgan fingerprint density at radius 3 is 2.31 bits per heavy atom. The predicted octanol–water partition coefficient (Wildman–Crippen LogP) is 3.40. The largest absolute Gasteiger partial charge is 0.381 e. The number of rotatable bonds is 10. The van der Waals surface area contributed by atoms with Crippen molar-refractivity contribution in [3.63, 3.8) is 0 Å². The molecule has 0 aliphatic rings. The Morgan fingerprint density at radius 2 is 1.69 bits per heavy atom. The van der Waals surface area contributed by atoms with Crippen LogP contribution in [0.4, 0.5) is 0 Å². The van der Waals surface area contributed by atoms with Gasteiger partial charge in [0.2, 0.25) is 0 Å². The zero-order valence-corrected chi connectivity index (χ0v) is 9.79. The van der Waals surface area contributed by atoms with Crippen LogP contribution < -0.4 is 0 Å². The highest BCUT2D eigenvalue weighted by molar-refractivity contribution is 7.16. The van der Waals surface area contributed by atoms with E-state index in [0.717, 1.165) is 19.6 Å². The molecule has 0 saturated heterocycles. The molecular formula is C11H23OP. The van der Waals surface area contributed by atoms with Gasteiger partial charge in [-0.2, -0.15) is 0 Å². The molecule has 0 aromatic rings. The number of hydrogen-bond donors (Lipinski definition) is 0. The SMILES string of the molecule is C=CCCCCCOCCCCP. The second-order valence-corrected chi connectivity index (χ2v) is 3.82. The lowest BCUT2D eigenvalue weighted by atomic mass is 10.2. The van der Waals surface area contributed by atoms with Gasteiger partial charge < -0.3 is 4.74 Å². The van der Waals surface area contributed by atoms with Crippen LogP contribution >= 0.6 is 9.24 Å². The molecule has 0 aliphatic heterocycles. The Kier molecular flexibility index (Phi) is 12.3. The van der Waals surface area contributed by atoms with Gasteiger partial charge in [0.05, 0.1) is 0 Å². The van der Waals surface area contributed by atoms with Gasteiger partial charge in [-0.1, -0.05) is 12.5 Å². The molecule has 0 bridgehead atoms. The lowest BCUT2D eigenvalue weighted by molar-refractivity contribution is 0.127. The zero-order chi connectivity index (χ0) is 9.78. The molecule has 1 unspecified atom stereocenters. The van der Waals surface area contributed by atoms with Crippen molar-refractivity contribution in [3.8, 4) is 0 Å². The van der Waals surface area contributed by atoms with Gasteiger partial charge in [-0.3, -0.25) is 0 Å². The summed E-state index contributed by atoms with van der Waals surface area (Å²) in [7, 11) is 2.74. The summed E-state index contributed by atoms with van der Waals surface area (Å²) >= 11 is 0. The average molecular weight is 202 g/mol. The van der Waals surface area contributed by atoms with Crippen molar-refractivity contribution < 1.29 is 4.74 Å². The van der Waals surface area contributed by atoms with E-state index in [1.807, 2.05) is 6.08 Å². The van der Waals surface area contributed by atoms with Crippen LogP contribution in [0.25, 0.3) is 0 Å². The Labute approximate surface area is 85.1 Å².